The minimum Gasteiger partial charge on any atom is -0.344 e. The standard InChI is InChI=1S/C21H23N3O3S/c1-3-14-6-8-15(9-7-14)19(17-5-4-12-28-17)23-18(25)11-10-16-13(2)22-21(27)24-20(16)26/h4-9,12,19H,3,10-11H2,1-2H3,(H,23,25)(H2,22,24,26,27)/t19-/m1/s1. The lowest BCUT2D eigenvalue weighted by atomic mass is 10.0. The molecule has 3 aromatic rings. The molecule has 146 valence electrons. The van der Waals surface area contributed by atoms with E-state index in [9.17, 15) is 14.4 Å². The van der Waals surface area contributed by atoms with Crippen LogP contribution < -0.4 is 16.6 Å². The Labute approximate surface area is 166 Å². The molecule has 0 aliphatic rings. The highest BCUT2D eigenvalue weighted by atomic mass is 32.1. The van der Waals surface area contributed by atoms with Crippen LogP contribution in [-0.4, -0.2) is 15.9 Å². The molecule has 0 bridgehead atoms. The SMILES string of the molecule is CCc1ccc([C@@H](NC(=O)CCc2c(C)[nH]c(=O)[nH]c2=O)c2cccs2)cc1. The molecule has 3 rings (SSSR count). The first-order valence-corrected chi connectivity index (χ1v) is 10.1. The smallest absolute Gasteiger partial charge is 0.325 e. The quantitative estimate of drug-likeness (QED) is 0.572. The van der Waals surface area contributed by atoms with E-state index < -0.39 is 11.2 Å². The van der Waals surface area contributed by atoms with Crippen LogP contribution in [0.1, 0.15) is 46.6 Å². The van der Waals surface area contributed by atoms with Gasteiger partial charge in [-0.15, -0.1) is 11.3 Å². The fourth-order valence-electron chi connectivity index (χ4n) is 3.12. The number of aromatic nitrogens is 2. The third-order valence-corrected chi connectivity index (χ3v) is 5.65. The summed E-state index contributed by atoms with van der Waals surface area (Å²) >= 11 is 1.59. The van der Waals surface area contributed by atoms with Gasteiger partial charge in [0.15, 0.2) is 0 Å². The highest BCUT2D eigenvalue weighted by Crippen LogP contribution is 2.26. The number of amides is 1. The molecule has 0 aliphatic carbocycles. The summed E-state index contributed by atoms with van der Waals surface area (Å²) in [5, 5.41) is 5.07. The first kappa shape index (κ1) is 19.8. The summed E-state index contributed by atoms with van der Waals surface area (Å²) in [5.41, 5.74) is 2.20. The lowest BCUT2D eigenvalue weighted by Crippen LogP contribution is -2.31. The zero-order valence-electron chi connectivity index (χ0n) is 15.9. The highest BCUT2D eigenvalue weighted by Gasteiger charge is 2.18. The summed E-state index contributed by atoms with van der Waals surface area (Å²) in [6, 6.07) is 12.0. The number of carbonyl (C=O) groups is 1. The van der Waals surface area contributed by atoms with Gasteiger partial charge in [-0.2, -0.15) is 0 Å². The van der Waals surface area contributed by atoms with Crippen LogP contribution in [0, 0.1) is 6.92 Å². The number of H-pyrrole nitrogens is 2. The lowest BCUT2D eigenvalue weighted by molar-refractivity contribution is -0.121. The van der Waals surface area contributed by atoms with Crippen LogP contribution in [0.2, 0.25) is 0 Å². The number of carbonyl (C=O) groups excluding carboxylic acids is 1. The van der Waals surface area contributed by atoms with Crippen LogP contribution in [0.3, 0.4) is 0 Å². The molecule has 1 aromatic carbocycles. The van der Waals surface area contributed by atoms with E-state index in [1.165, 1.54) is 5.56 Å². The average Bonchev–Trinajstić information content (AvgIpc) is 3.20. The zero-order chi connectivity index (χ0) is 20.1. The summed E-state index contributed by atoms with van der Waals surface area (Å²) in [7, 11) is 0. The molecule has 0 spiro atoms. The maximum absolute atomic E-state index is 12.6. The molecule has 3 N–H and O–H groups in total. The van der Waals surface area contributed by atoms with Gasteiger partial charge in [0.1, 0.15) is 0 Å². The van der Waals surface area contributed by atoms with E-state index >= 15 is 0 Å². The molecular formula is C21H23N3O3S. The Balaban J connectivity index is 1.75. The number of aryl methyl sites for hydroxylation is 2. The predicted molar refractivity (Wildman–Crippen MR) is 111 cm³/mol. The number of hydrogen-bond donors (Lipinski definition) is 3. The van der Waals surface area contributed by atoms with Gasteiger partial charge in [-0.25, -0.2) is 4.79 Å². The molecule has 0 saturated heterocycles. The first-order valence-electron chi connectivity index (χ1n) is 9.21. The fourth-order valence-corrected chi connectivity index (χ4v) is 3.92. The van der Waals surface area contributed by atoms with Crippen LogP contribution >= 0.6 is 11.3 Å². The van der Waals surface area contributed by atoms with Crippen molar-refractivity contribution in [2.24, 2.45) is 0 Å². The fraction of sp³-hybridized carbons (Fsp3) is 0.286. The Hall–Kier alpha value is -2.93. The maximum Gasteiger partial charge on any atom is 0.325 e. The third kappa shape index (κ3) is 4.67. The molecule has 1 amide bonds. The number of rotatable bonds is 7. The minimum atomic E-state index is -0.538. The van der Waals surface area contributed by atoms with Crippen LogP contribution in [0.4, 0.5) is 0 Å². The molecule has 2 heterocycles. The number of aromatic amines is 2. The van der Waals surface area contributed by atoms with E-state index in [0.29, 0.717) is 11.3 Å². The molecule has 0 aliphatic heterocycles. The van der Waals surface area contributed by atoms with E-state index in [1.807, 2.05) is 29.6 Å². The molecule has 7 heteroatoms. The first-order chi connectivity index (χ1) is 13.5. The van der Waals surface area contributed by atoms with Crippen LogP contribution in [-0.2, 0) is 17.6 Å². The third-order valence-electron chi connectivity index (χ3n) is 4.71. The molecular weight excluding hydrogens is 374 g/mol. The van der Waals surface area contributed by atoms with E-state index in [4.69, 9.17) is 0 Å². The molecule has 0 radical (unpaired) electrons. The Morgan fingerprint density at radius 2 is 1.89 bits per heavy atom. The van der Waals surface area contributed by atoms with Crippen molar-refractivity contribution in [1.29, 1.82) is 0 Å². The number of thiophene rings is 1. The van der Waals surface area contributed by atoms with E-state index in [1.54, 1.807) is 18.3 Å². The summed E-state index contributed by atoms with van der Waals surface area (Å²) in [5.74, 6) is -0.150. The van der Waals surface area contributed by atoms with Gasteiger partial charge in [0.05, 0.1) is 6.04 Å². The second kappa shape index (κ2) is 8.84. The van der Waals surface area contributed by atoms with Gasteiger partial charge in [-0.1, -0.05) is 37.3 Å². The van der Waals surface area contributed by atoms with E-state index in [-0.39, 0.29) is 24.8 Å². The zero-order valence-corrected chi connectivity index (χ0v) is 16.7. The summed E-state index contributed by atoms with van der Waals surface area (Å²) in [6.45, 7) is 3.77. The van der Waals surface area contributed by atoms with Crippen molar-refractivity contribution < 1.29 is 4.79 Å². The second-order valence-corrected chi connectivity index (χ2v) is 7.60. The van der Waals surface area contributed by atoms with Crippen molar-refractivity contribution in [2.75, 3.05) is 0 Å². The van der Waals surface area contributed by atoms with E-state index in [2.05, 4.69) is 34.3 Å². The van der Waals surface area contributed by atoms with Gasteiger partial charge in [-0.05, 0) is 42.3 Å². The lowest BCUT2D eigenvalue weighted by Gasteiger charge is -2.18. The maximum atomic E-state index is 12.6. The molecule has 0 saturated carbocycles. The van der Waals surface area contributed by atoms with Crippen molar-refractivity contribution in [3.63, 3.8) is 0 Å². The highest BCUT2D eigenvalue weighted by molar-refractivity contribution is 7.10. The topological polar surface area (TPSA) is 94.8 Å². The van der Waals surface area contributed by atoms with Gasteiger partial charge in [0, 0.05) is 22.6 Å². The monoisotopic (exact) mass is 397 g/mol. The number of hydrogen-bond acceptors (Lipinski definition) is 4. The van der Waals surface area contributed by atoms with Crippen LogP contribution in [0.15, 0.2) is 51.4 Å². The Morgan fingerprint density at radius 3 is 2.50 bits per heavy atom. The Morgan fingerprint density at radius 1 is 1.14 bits per heavy atom. The van der Waals surface area contributed by atoms with Crippen molar-refractivity contribution in [3.8, 4) is 0 Å². The van der Waals surface area contributed by atoms with E-state index in [0.717, 1.165) is 16.9 Å². The van der Waals surface area contributed by atoms with Crippen molar-refractivity contribution in [2.45, 2.75) is 39.2 Å². The molecule has 1 atom stereocenters. The van der Waals surface area contributed by atoms with Crippen molar-refractivity contribution in [1.82, 2.24) is 15.3 Å². The minimum absolute atomic E-state index is 0.150. The largest absolute Gasteiger partial charge is 0.344 e. The molecule has 28 heavy (non-hydrogen) atoms. The average molecular weight is 398 g/mol. The normalized spacial score (nSPS) is 11.9. The number of nitrogens with one attached hydrogen (secondary N) is 3. The van der Waals surface area contributed by atoms with Gasteiger partial charge in [-0.3, -0.25) is 14.6 Å². The second-order valence-electron chi connectivity index (χ2n) is 6.62. The number of benzene rings is 1. The Bertz CT molecular complexity index is 1050. The summed E-state index contributed by atoms with van der Waals surface area (Å²) in [6.07, 6.45) is 1.38. The van der Waals surface area contributed by atoms with Gasteiger partial charge in [0.25, 0.3) is 5.56 Å². The molecule has 2 aromatic heterocycles. The van der Waals surface area contributed by atoms with Crippen LogP contribution in [0.25, 0.3) is 0 Å². The molecule has 6 nitrogen and oxygen atoms in total. The van der Waals surface area contributed by atoms with Gasteiger partial charge >= 0.3 is 5.69 Å². The molecule has 0 fully saturated rings. The predicted octanol–water partition coefficient (Wildman–Crippen LogP) is 2.83. The van der Waals surface area contributed by atoms with Crippen LogP contribution in [0.5, 0.6) is 0 Å². The molecule has 0 unspecified atom stereocenters. The van der Waals surface area contributed by atoms with Crippen molar-refractivity contribution in [3.05, 3.63) is 89.9 Å². The van der Waals surface area contributed by atoms with Gasteiger partial charge in [0.2, 0.25) is 5.91 Å². The Kier molecular flexibility index (Phi) is 6.26. The van der Waals surface area contributed by atoms with Gasteiger partial charge < -0.3 is 10.3 Å². The summed E-state index contributed by atoms with van der Waals surface area (Å²) < 4.78 is 0. The summed E-state index contributed by atoms with van der Waals surface area (Å²) in [4.78, 5) is 41.7. The van der Waals surface area contributed by atoms with Crippen molar-refractivity contribution >= 4 is 17.2 Å².